The number of ether oxygens (including phenoxy) is 2. The van der Waals surface area contributed by atoms with Gasteiger partial charge in [-0.05, 0) is 32.8 Å². The van der Waals surface area contributed by atoms with E-state index in [0.29, 0.717) is 11.5 Å². The third-order valence-electron chi connectivity index (χ3n) is 6.06. The lowest BCUT2D eigenvalue weighted by atomic mass is 9.97. The maximum atomic E-state index is 5.46. The number of aromatic nitrogens is 6. The highest BCUT2D eigenvalue weighted by Crippen LogP contribution is 2.43. The number of nitrogens with zero attached hydrogens (tertiary/aromatic N) is 6. The summed E-state index contributed by atoms with van der Waals surface area (Å²) < 4.78 is 10.9. The Balaban J connectivity index is 1.63. The largest absolute Gasteiger partial charge is 0.493 e. The van der Waals surface area contributed by atoms with Crippen molar-refractivity contribution in [2.45, 2.75) is 32.2 Å². The fourth-order valence-electron chi connectivity index (χ4n) is 4.44. The molecule has 3 aromatic heterocycles. The highest BCUT2D eigenvalue weighted by atomic mass is 16.5. The Hall–Kier alpha value is -3.62. The van der Waals surface area contributed by atoms with Crippen LogP contribution in [-0.4, -0.2) is 50.7 Å². The number of H-pyrrole nitrogens is 1. The number of pyridine rings is 1. The molecule has 0 saturated carbocycles. The highest BCUT2D eigenvalue weighted by molar-refractivity contribution is 5.80. The van der Waals surface area contributed by atoms with Crippen LogP contribution in [0.4, 0.5) is 5.69 Å². The zero-order valence-corrected chi connectivity index (χ0v) is 18.1. The van der Waals surface area contributed by atoms with Crippen molar-refractivity contribution in [1.82, 2.24) is 29.9 Å². The van der Waals surface area contributed by atoms with Gasteiger partial charge in [-0.1, -0.05) is 0 Å². The highest BCUT2D eigenvalue weighted by Gasteiger charge is 2.42. The zero-order chi connectivity index (χ0) is 21.6. The van der Waals surface area contributed by atoms with E-state index in [1.54, 1.807) is 31.4 Å². The van der Waals surface area contributed by atoms with Gasteiger partial charge in [0.1, 0.15) is 11.5 Å². The molecule has 1 aliphatic rings. The van der Waals surface area contributed by atoms with E-state index in [9.17, 15) is 0 Å². The Kier molecular flexibility index (Phi) is 4.53. The third-order valence-corrected chi connectivity index (χ3v) is 6.06. The summed E-state index contributed by atoms with van der Waals surface area (Å²) in [4.78, 5) is 17.0. The molecule has 0 unspecified atom stereocenters. The topological polar surface area (TPSA) is 94.0 Å². The van der Waals surface area contributed by atoms with E-state index in [1.807, 2.05) is 25.3 Å². The molecule has 1 atom stereocenters. The number of hydrogen-bond donors (Lipinski definition) is 1. The summed E-state index contributed by atoms with van der Waals surface area (Å²) in [6, 6.07) is 5.94. The number of anilines is 1. The second-order valence-corrected chi connectivity index (χ2v) is 7.97. The summed E-state index contributed by atoms with van der Waals surface area (Å²) >= 11 is 0. The Morgan fingerprint density at radius 2 is 1.77 bits per heavy atom. The molecule has 1 aliphatic heterocycles. The summed E-state index contributed by atoms with van der Waals surface area (Å²) in [5, 5.41) is 8.66. The normalized spacial score (nSPS) is 18.6. The van der Waals surface area contributed by atoms with Gasteiger partial charge in [-0.15, -0.1) is 4.80 Å². The average molecular weight is 419 g/mol. The second kappa shape index (κ2) is 7.26. The minimum atomic E-state index is -0.324. The second-order valence-electron chi connectivity index (χ2n) is 7.97. The third kappa shape index (κ3) is 3.08. The predicted molar refractivity (Wildman–Crippen MR) is 117 cm³/mol. The first-order chi connectivity index (χ1) is 15.0. The van der Waals surface area contributed by atoms with Gasteiger partial charge in [-0.25, -0.2) is 4.98 Å². The summed E-state index contributed by atoms with van der Waals surface area (Å²) in [7, 11) is 3.27. The Morgan fingerprint density at radius 1 is 1.03 bits per heavy atom. The van der Waals surface area contributed by atoms with Gasteiger partial charge in [0, 0.05) is 24.4 Å². The van der Waals surface area contributed by atoms with Gasteiger partial charge in [-0.2, -0.15) is 10.2 Å². The van der Waals surface area contributed by atoms with Crippen LogP contribution in [0.25, 0.3) is 16.7 Å². The molecule has 160 valence electrons. The van der Waals surface area contributed by atoms with Crippen molar-refractivity contribution < 1.29 is 9.47 Å². The van der Waals surface area contributed by atoms with Crippen LogP contribution in [0.5, 0.6) is 11.5 Å². The van der Waals surface area contributed by atoms with Crippen molar-refractivity contribution in [3.8, 4) is 17.2 Å². The monoisotopic (exact) mass is 419 g/mol. The molecule has 5 rings (SSSR count). The first kappa shape index (κ1) is 19.3. The van der Waals surface area contributed by atoms with Crippen molar-refractivity contribution in [3.05, 3.63) is 48.3 Å². The van der Waals surface area contributed by atoms with Gasteiger partial charge in [0.05, 0.1) is 55.1 Å². The molecular formula is C22H25N7O2. The Morgan fingerprint density at radius 3 is 2.52 bits per heavy atom. The van der Waals surface area contributed by atoms with E-state index < -0.39 is 0 Å². The number of nitrogens with one attached hydrogen (secondary N) is 1. The Labute approximate surface area is 180 Å². The van der Waals surface area contributed by atoms with Gasteiger partial charge in [0.15, 0.2) is 11.5 Å². The van der Waals surface area contributed by atoms with Crippen LogP contribution in [0.1, 0.15) is 31.3 Å². The molecule has 1 N–H and O–H groups in total. The van der Waals surface area contributed by atoms with Crippen LogP contribution >= 0.6 is 0 Å². The van der Waals surface area contributed by atoms with Crippen molar-refractivity contribution in [3.63, 3.8) is 0 Å². The molecular weight excluding hydrogens is 394 g/mol. The van der Waals surface area contributed by atoms with Crippen molar-refractivity contribution in [1.29, 1.82) is 0 Å². The molecule has 0 bridgehead atoms. The summed E-state index contributed by atoms with van der Waals surface area (Å²) in [5.74, 6) is 2.25. The standard InChI is InChI=1S/C22H25N7O2/c1-14-10-17(18(13-23-14)29-24-7-8-25-29)28-9-5-6-22(28,2)21-26-15-11-19(30-3)20(31-4)12-16(15)27-21/h7-8,10-13H,5-6,9H2,1-4H3,(H,26,27)/t22-/m0/s1. The Bertz CT molecular complexity index is 1190. The molecule has 0 spiro atoms. The number of rotatable bonds is 5. The van der Waals surface area contributed by atoms with E-state index >= 15 is 0 Å². The number of fused-ring (bicyclic) bond motifs is 1. The van der Waals surface area contributed by atoms with Gasteiger partial charge in [-0.3, -0.25) is 4.98 Å². The molecule has 4 aromatic rings. The zero-order valence-electron chi connectivity index (χ0n) is 18.1. The quantitative estimate of drug-likeness (QED) is 0.530. The first-order valence-electron chi connectivity index (χ1n) is 10.3. The minimum absolute atomic E-state index is 0.324. The fourth-order valence-corrected chi connectivity index (χ4v) is 4.44. The summed E-state index contributed by atoms with van der Waals surface area (Å²) in [6.07, 6.45) is 7.19. The molecule has 1 fully saturated rings. The lowest BCUT2D eigenvalue weighted by Crippen LogP contribution is -2.40. The molecule has 31 heavy (non-hydrogen) atoms. The lowest BCUT2D eigenvalue weighted by Gasteiger charge is -2.36. The number of hydrogen-bond acceptors (Lipinski definition) is 7. The maximum absolute atomic E-state index is 5.46. The number of aromatic amines is 1. The smallest absolute Gasteiger partial charge is 0.163 e. The summed E-state index contributed by atoms with van der Waals surface area (Å²) in [5.41, 5.74) is 4.28. The molecule has 9 nitrogen and oxygen atoms in total. The predicted octanol–water partition coefficient (Wildman–Crippen LogP) is 3.38. The van der Waals surface area contributed by atoms with E-state index in [4.69, 9.17) is 14.5 Å². The molecule has 0 radical (unpaired) electrons. The molecule has 0 amide bonds. The lowest BCUT2D eigenvalue weighted by molar-refractivity contribution is 0.356. The van der Waals surface area contributed by atoms with E-state index in [1.165, 1.54) is 0 Å². The number of aryl methyl sites for hydroxylation is 1. The van der Waals surface area contributed by atoms with Crippen LogP contribution in [0, 0.1) is 6.92 Å². The molecule has 9 heteroatoms. The fraction of sp³-hybridized carbons (Fsp3) is 0.364. The van der Waals surface area contributed by atoms with Gasteiger partial charge in [0.25, 0.3) is 0 Å². The molecule has 4 heterocycles. The van der Waals surface area contributed by atoms with E-state index in [-0.39, 0.29) is 5.54 Å². The number of benzene rings is 1. The number of methoxy groups -OCH3 is 2. The van der Waals surface area contributed by atoms with Crippen LogP contribution in [0.15, 0.2) is 36.8 Å². The molecule has 1 aromatic carbocycles. The van der Waals surface area contributed by atoms with Gasteiger partial charge >= 0.3 is 0 Å². The van der Waals surface area contributed by atoms with Crippen LogP contribution in [0.3, 0.4) is 0 Å². The maximum Gasteiger partial charge on any atom is 0.163 e. The SMILES string of the molecule is COc1cc2nc([C@]3(C)CCCN3c3cc(C)ncc3-n3nccn3)[nH]c2cc1OC. The van der Waals surface area contributed by atoms with Crippen LogP contribution in [0.2, 0.25) is 0 Å². The van der Waals surface area contributed by atoms with E-state index in [0.717, 1.165) is 53.3 Å². The average Bonchev–Trinajstić information content (AvgIpc) is 3.52. The number of imidazole rings is 1. The van der Waals surface area contributed by atoms with E-state index in [2.05, 4.69) is 38.1 Å². The van der Waals surface area contributed by atoms with Crippen molar-refractivity contribution in [2.24, 2.45) is 0 Å². The van der Waals surface area contributed by atoms with Gasteiger partial charge < -0.3 is 19.4 Å². The van der Waals surface area contributed by atoms with Crippen molar-refractivity contribution in [2.75, 3.05) is 25.7 Å². The minimum Gasteiger partial charge on any atom is -0.493 e. The van der Waals surface area contributed by atoms with Crippen LogP contribution in [-0.2, 0) is 5.54 Å². The molecule has 1 saturated heterocycles. The molecule has 0 aliphatic carbocycles. The first-order valence-corrected chi connectivity index (χ1v) is 10.3. The van der Waals surface area contributed by atoms with Crippen LogP contribution < -0.4 is 14.4 Å². The van der Waals surface area contributed by atoms with Crippen molar-refractivity contribution >= 4 is 16.7 Å². The summed E-state index contributed by atoms with van der Waals surface area (Å²) in [6.45, 7) is 5.12. The van der Waals surface area contributed by atoms with Gasteiger partial charge in [0.2, 0.25) is 0 Å².